The summed E-state index contributed by atoms with van der Waals surface area (Å²) in [5, 5.41) is 8.82. The molecule has 0 saturated carbocycles. The van der Waals surface area contributed by atoms with Crippen molar-refractivity contribution in [1.82, 2.24) is 0 Å². The van der Waals surface area contributed by atoms with Gasteiger partial charge in [0, 0.05) is 4.47 Å². The van der Waals surface area contributed by atoms with Gasteiger partial charge in [-0.2, -0.15) is 5.26 Å². The molecule has 0 bridgehead atoms. The molecule has 0 atom stereocenters. The summed E-state index contributed by atoms with van der Waals surface area (Å²) >= 11 is 3.39. The second kappa shape index (κ2) is 4.43. The van der Waals surface area contributed by atoms with Crippen LogP contribution in [-0.2, 0) is 12.8 Å². The topological polar surface area (TPSA) is 23.8 Å². The van der Waals surface area contributed by atoms with Crippen LogP contribution in [0, 0.1) is 11.3 Å². The van der Waals surface area contributed by atoms with Crippen LogP contribution >= 0.6 is 15.9 Å². The van der Waals surface area contributed by atoms with E-state index in [-0.39, 0.29) is 0 Å². The highest BCUT2D eigenvalue weighted by Crippen LogP contribution is 2.22. The number of rotatable bonds is 2. The quantitative estimate of drug-likeness (QED) is 0.774. The van der Waals surface area contributed by atoms with E-state index in [9.17, 15) is 0 Å². The number of hydrogen-bond donors (Lipinski definition) is 0. The third kappa shape index (κ3) is 2.10. The summed E-state index contributed by atoms with van der Waals surface area (Å²) in [6.07, 6.45) is 2.01. The summed E-state index contributed by atoms with van der Waals surface area (Å²) in [6.45, 7) is 4.25. The zero-order chi connectivity index (χ0) is 9.84. The van der Waals surface area contributed by atoms with E-state index in [1.165, 1.54) is 11.1 Å². The largest absolute Gasteiger partial charge is 0.192 e. The fourth-order valence-corrected chi connectivity index (χ4v) is 1.88. The SMILES string of the molecule is CCc1cc(Br)c(C#N)cc1CC. The molecule has 0 aromatic heterocycles. The Labute approximate surface area is 87.5 Å². The Morgan fingerprint density at radius 2 is 1.77 bits per heavy atom. The second-order valence-electron chi connectivity index (χ2n) is 2.92. The van der Waals surface area contributed by atoms with Crippen LogP contribution in [0.2, 0.25) is 0 Å². The Kier molecular flexibility index (Phi) is 3.50. The molecule has 0 amide bonds. The Morgan fingerprint density at radius 3 is 2.23 bits per heavy atom. The van der Waals surface area contributed by atoms with E-state index in [0.717, 1.165) is 22.9 Å². The van der Waals surface area contributed by atoms with Crippen LogP contribution in [0.15, 0.2) is 16.6 Å². The molecule has 1 nitrogen and oxygen atoms in total. The molecule has 0 aliphatic rings. The highest BCUT2D eigenvalue weighted by atomic mass is 79.9. The van der Waals surface area contributed by atoms with Crippen molar-refractivity contribution in [2.75, 3.05) is 0 Å². The van der Waals surface area contributed by atoms with Gasteiger partial charge in [-0.05, 0) is 52.0 Å². The summed E-state index contributed by atoms with van der Waals surface area (Å²) in [5.41, 5.74) is 3.34. The minimum atomic E-state index is 0.731. The smallest absolute Gasteiger partial charge is 0.100 e. The molecule has 0 heterocycles. The highest BCUT2D eigenvalue weighted by molar-refractivity contribution is 9.10. The minimum absolute atomic E-state index is 0.731. The Hall–Kier alpha value is -0.810. The molecule has 68 valence electrons. The van der Waals surface area contributed by atoms with E-state index >= 15 is 0 Å². The van der Waals surface area contributed by atoms with E-state index in [0.29, 0.717) is 0 Å². The molecule has 2 heteroatoms. The van der Waals surface area contributed by atoms with Crippen LogP contribution in [0.1, 0.15) is 30.5 Å². The maximum absolute atomic E-state index is 8.82. The highest BCUT2D eigenvalue weighted by Gasteiger charge is 2.04. The summed E-state index contributed by atoms with van der Waals surface area (Å²) < 4.78 is 0.907. The number of benzene rings is 1. The van der Waals surface area contributed by atoms with Crippen molar-refractivity contribution < 1.29 is 0 Å². The fourth-order valence-electron chi connectivity index (χ4n) is 1.40. The van der Waals surface area contributed by atoms with Crippen LogP contribution in [0.5, 0.6) is 0 Å². The van der Waals surface area contributed by atoms with Crippen molar-refractivity contribution in [3.63, 3.8) is 0 Å². The molecule has 1 aromatic carbocycles. The molecule has 0 unspecified atom stereocenters. The van der Waals surface area contributed by atoms with E-state index in [1.807, 2.05) is 6.07 Å². The predicted octanol–water partition coefficient (Wildman–Crippen LogP) is 3.45. The van der Waals surface area contributed by atoms with Gasteiger partial charge < -0.3 is 0 Å². The molecular formula is C11H12BrN. The van der Waals surface area contributed by atoms with Gasteiger partial charge in [0.1, 0.15) is 6.07 Å². The molecule has 1 rings (SSSR count). The summed E-state index contributed by atoms with van der Waals surface area (Å²) in [5.74, 6) is 0. The maximum Gasteiger partial charge on any atom is 0.100 e. The number of aryl methyl sites for hydroxylation is 2. The van der Waals surface area contributed by atoms with Gasteiger partial charge in [0.25, 0.3) is 0 Å². The summed E-state index contributed by atoms with van der Waals surface area (Å²) in [6, 6.07) is 6.20. The van der Waals surface area contributed by atoms with Crippen molar-refractivity contribution in [3.05, 3.63) is 33.3 Å². The number of nitriles is 1. The van der Waals surface area contributed by atoms with Crippen LogP contribution < -0.4 is 0 Å². The zero-order valence-corrected chi connectivity index (χ0v) is 9.48. The van der Waals surface area contributed by atoms with Crippen molar-refractivity contribution in [2.45, 2.75) is 26.7 Å². The first-order valence-corrected chi connectivity index (χ1v) is 5.23. The lowest BCUT2D eigenvalue weighted by Gasteiger charge is -2.07. The van der Waals surface area contributed by atoms with Gasteiger partial charge in [0.05, 0.1) is 5.56 Å². The van der Waals surface area contributed by atoms with Crippen LogP contribution in [-0.4, -0.2) is 0 Å². The standard InChI is InChI=1S/C11H12BrN/c1-3-8-5-10(7-13)11(12)6-9(8)4-2/h5-6H,3-4H2,1-2H3. The first kappa shape index (κ1) is 10.3. The summed E-state index contributed by atoms with van der Waals surface area (Å²) in [7, 11) is 0. The normalized spacial score (nSPS) is 9.69. The Balaban J connectivity index is 3.28. The average molecular weight is 238 g/mol. The van der Waals surface area contributed by atoms with E-state index in [1.54, 1.807) is 0 Å². The van der Waals surface area contributed by atoms with Crippen LogP contribution in [0.25, 0.3) is 0 Å². The van der Waals surface area contributed by atoms with Crippen molar-refractivity contribution in [1.29, 1.82) is 5.26 Å². The molecule has 13 heavy (non-hydrogen) atoms. The van der Waals surface area contributed by atoms with Crippen molar-refractivity contribution in [2.24, 2.45) is 0 Å². The van der Waals surface area contributed by atoms with Crippen LogP contribution in [0.4, 0.5) is 0 Å². The molecule has 0 saturated heterocycles. The van der Waals surface area contributed by atoms with Gasteiger partial charge in [-0.15, -0.1) is 0 Å². The lowest BCUT2D eigenvalue weighted by Crippen LogP contribution is -1.93. The third-order valence-corrected chi connectivity index (χ3v) is 2.83. The van der Waals surface area contributed by atoms with Gasteiger partial charge >= 0.3 is 0 Å². The summed E-state index contributed by atoms with van der Waals surface area (Å²) in [4.78, 5) is 0. The molecule has 0 radical (unpaired) electrons. The fraction of sp³-hybridized carbons (Fsp3) is 0.364. The number of nitrogens with zero attached hydrogens (tertiary/aromatic N) is 1. The Morgan fingerprint density at radius 1 is 1.23 bits per heavy atom. The monoisotopic (exact) mass is 237 g/mol. The van der Waals surface area contributed by atoms with Gasteiger partial charge in [-0.25, -0.2) is 0 Å². The molecule has 0 spiro atoms. The lowest BCUT2D eigenvalue weighted by molar-refractivity contribution is 1.03. The first-order valence-electron chi connectivity index (χ1n) is 4.44. The van der Waals surface area contributed by atoms with Gasteiger partial charge in [-0.3, -0.25) is 0 Å². The lowest BCUT2D eigenvalue weighted by atomic mass is 10.0. The van der Waals surface area contributed by atoms with Gasteiger partial charge in [0.2, 0.25) is 0 Å². The first-order chi connectivity index (χ1) is 6.22. The maximum atomic E-state index is 8.82. The number of halogens is 1. The zero-order valence-electron chi connectivity index (χ0n) is 7.89. The predicted molar refractivity (Wildman–Crippen MR) is 57.6 cm³/mol. The van der Waals surface area contributed by atoms with Gasteiger partial charge in [-0.1, -0.05) is 13.8 Å². The average Bonchev–Trinajstić information content (AvgIpc) is 2.17. The molecule has 0 fully saturated rings. The number of hydrogen-bond acceptors (Lipinski definition) is 1. The molecular weight excluding hydrogens is 226 g/mol. The van der Waals surface area contributed by atoms with Gasteiger partial charge in [0.15, 0.2) is 0 Å². The van der Waals surface area contributed by atoms with E-state index in [4.69, 9.17) is 5.26 Å². The van der Waals surface area contributed by atoms with Crippen molar-refractivity contribution in [3.8, 4) is 6.07 Å². The molecule has 1 aromatic rings. The molecule has 0 aliphatic carbocycles. The Bertz CT molecular complexity index is 350. The second-order valence-corrected chi connectivity index (χ2v) is 3.77. The van der Waals surface area contributed by atoms with Crippen molar-refractivity contribution >= 4 is 15.9 Å². The molecule has 0 aliphatic heterocycles. The van der Waals surface area contributed by atoms with E-state index < -0.39 is 0 Å². The van der Waals surface area contributed by atoms with E-state index in [2.05, 4.69) is 41.9 Å². The molecule has 0 N–H and O–H groups in total. The minimum Gasteiger partial charge on any atom is -0.192 e. The van der Waals surface area contributed by atoms with Crippen LogP contribution in [0.3, 0.4) is 0 Å². The third-order valence-electron chi connectivity index (χ3n) is 2.17.